The minimum absolute atomic E-state index is 0.0963. The Kier molecular flexibility index (Phi) is 5.73. The molecule has 0 N–H and O–H groups in total. The monoisotopic (exact) mass is 274 g/mol. The summed E-state index contributed by atoms with van der Waals surface area (Å²) in [5, 5.41) is 0. The van der Waals surface area contributed by atoms with Crippen molar-refractivity contribution < 1.29 is 22.6 Å². The third-order valence-corrected chi connectivity index (χ3v) is 2.43. The SMILES string of the molecule is C=Cc1ccc(OCCCCC)c(OC(F)(F)F)c1. The summed E-state index contributed by atoms with van der Waals surface area (Å²) in [6.45, 7) is 5.92. The van der Waals surface area contributed by atoms with Gasteiger partial charge in [-0.2, -0.15) is 0 Å². The topological polar surface area (TPSA) is 18.5 Å². The smallest absolute Gasteiger partial charge is 0.490 e. The zero-order valence-corrected chi connectivity index (χ0v) is 10.8. The van der Waals surface area contributed by atoms with Gasteiger partial charge in [0.15, 0.2) is 11.5 Å². The van der Waals surface area contributed by atoms with Crippen molar-refractivity contribution in [1.29, 1.82) is 0 Å². The number of benzene rings is 1. The number of hydrogen-bond donors (Lipinski definition) is 0. The summed E-state index contributed by atoms with van der Waals surface area (Å²) in [7, 11) is 0. The van der Waals surface area contributed by atoms with E-state index in [1.807, 2.05) is 6.92 Å². The molecule has 2 nitrogen and oxygen atoms in total. The molecule has 0 aliphatic carbocycles. The van der Waals surface area contributed by atoms with Gasteiger partial charge in [0.05, 0.1) is 6.61 Å². The summed E-state index contributed by atoms with van der Waals surface area (Å²) in [5.74, 6) is -0.236. The molecule has 0 unspecified atom stereocenters. The first-order chi connectivity index (χ1) is 8.96. The third kappa shape index (κ3) is 5.68. The molecule has 0 saturated carbocycles. The largest absolute Gasteiger partial charge is 0.573 e. The van der Waals surface area contributed by atoms with Gasteiger partial charge in [-0.05, 0) is 24.1 Å². The molecule has 0 amide bonds. The molecule has 0 bridgehead atoms. The van der Waals surface area contributed by atoms with Crippen LogP contribution < -0.4 is 9.47 Å². The van der Waals surface area contributed by atoms with E-state index in [0.717, 1.165) is 19.3 Å². The summed E-state index contributed by atoms with van der Waals surface area (Å²) in [6, 6.07) is 4.35. The van der Waals surface area contributed by atoms with Crippen molar-refractivity contribution in [3.05, 3.63) is 30.3 Å². The van der Waals surface area contributed by atoms with E-state index in [2.05, 4.69) is 11.3 Å². The van der Waals surface area contributed by atoms with Crippen molar-refractivity contribution in [1.82, 2.24) is 0 Å². The molecular formula is C14H17F3O2. The molecule has 1 rings (SSSR count). The predicted octanol–water partition coefficient (Wildman–Crippen LogP) is 4.80. The van der Waals surface area contributed by atoms with E-state index in [0.29, 0.717) is 12.2 Å². The Labute approximate surface area is 110 Å². The lowest BCUT2D eigenvalue weighted by atomic mass is 10.2. The van der Waals surface area contributed by atoms with Crippen molar-refractivity contribution in [2.75, 3.05) is 6.61 Å². The molecule has 0 spiro atoms. The molecule has 0 aliphatic rings. The molecule has 0 fully saturated rings. The van der Waals surface area contributed by atoms with Crippen molar-refractivity contribution in [3.8, 4) is 11.5 Å². The molecule has 1 aromatic carbocycles. The van der Waals surface area contributed by atoms with Crippen LogP contribution in [0.4, 0.5) is 13.2 Å². The first kappa shape index (κ1) is 15.4. The fourth-order valence-electron chi connectivity index (χ4n) is 1.51. The first-order valence-corrected chi connectivity index (χ1v) is 6.11. The molecule has 5 heteroatoms. The van der Waals surface area contributed by atoms with E-state index >= 15 is 0 Å². The van der Waals surface area contributed by atoms with Crippen LogP contribution in [-0.2, 0) is 0 Å². The molecule has 106 valence electrons. The van der Waals surface area contributed by atoms with Crippen LogP contribution in [0.5, 0.6) is 11.5 Å². The lowest BCUT2D eigenvalue weighted by molar-refractivity contribution is -0.275. The van der Waals surface area contributed by atoms with Crippen LogP contribution in [-0.4, -0.2) is 13.0 Å². The molecule has 0 aromatic heterocycles. The van der Waals surface area contributed by atoms with Gasteiger partial charge in [0.1, 0.15) is 0 Å². The molecule has 0 saturated heterocycles. The Morgan fingerprint density at radius 3 is 2.53 bits per heavy atom. The number of alkyl halides is 3. The highest BCUT2D eigenvalue weighted by atomic mass is 19.4. The summed E-state index contributed by atoms with van der Waals surface area (Å²) in [4.78, 5) is 0. The quantitative estimate of drug-likeness (QED) is 0.665. The summed E-state index contributed by atoms with van der Waals surface area (Å²) >= 11 is 0. The molecule has 0 aliphatic heterocycles. The molecule has 0 heterocycles. The van der Waals surface area contributed by atoms with Crippen LogP contribution >= 0.6 is 0 Å². The van der Waals surface area contributed by atoms with Crippen molar-refractivity contribution >= 4 is 6.08 Å². The standard InChI is InChI=1S/C14H17F3O2/c1-3-5-6-9-18-12-8-7-11(4-2)10-13(12)19-14(15,16)17/h4,7-8,10H,2-3,5-6,9H2,1H3. The Morgan fingerprint density at radius 2 is 1.95 bits per heavy atom. The highest BCUT2D eigenvalue weighted by Crippen LogP contribution is 2.33. The van der Waals surface area contributed by atoms with Crippen molar-refractivity contribution in [3.63, 3.8) is 0 Å². The molecule has 1 aromatic rings. The predicted molar refractivity (Wildman–Crippen MR) is 68.2 cm³/mol. The Balaban J connectivity index is 2.80. The van der Waals surface area contributed by atoms with Gasteiger partial charge in [-0.25, -0.2) is 0 Å². The average molecular weight is 274 g/mol. The zero-order chi connectivity index (χ0) is 14.3. The summed E-state index contributed by atoms with van der Waals surface area (Å²) in [6.07, 6.45) is -0.499. The van der Waals surface area contributed by atoms with Crippen LogP contribution in [0, 0.1) is 0 Å². The van der Waals surface area contributed by atoms with E-state index in [-0.39, 0.29) is 11.5 Å². The Morgan fingerprint density at radius 1 is 1.21 bits per heavy atom. The first-order valence-electron chi connectivity index (χ1n) is 6.11. The zero-order valence-electron chi connectivity index (χ0n) is 10.8. The van der Waals surface area contributed by atoms with Crippen molar-refractivity contribution in [2.24, 2.45) is 0 Å². The minimum Gasteiger partial charge on any atom is -0.490 e. The van der Waals surface area contributed by atoms with Gasteiger partial charge in [-0.15, -0.1) is 13.2 Å². The third-order valence-electron chi connectivity index (χ3n) is 2.43. The van der Waals surface area contributed by atoms with Crippen LogP contribution in [0.2, 0.25) is 0 Å². The van der Waals surface area contributed by atoms with Gasteiger partial charge in [0.25, 0.3) is 0 Å². The van der Waals surface area contributed by atoms with E-state index in [9.17, 15) is 13.2 Å². The van der Waals surface area contributed by atoms with Gasteiger partial charge in [0.2, 0.25) is 0 Å². The maximum absolute atomic E-state index is 12.3. The van der Waals surface area contributed by atoms with Crippen molar-refractivity contribution in [2.45, 2.75) is 32.5 Å². The molecule has 19 heavy (non-hydrogen) atoms. The minimum atomic E-state index is -4.73. The second-order valence-electron chi connectivity index (χ2n) is 4.01. The molecule has 0 radical (unpaired) electrons. The number of rotatable bonds is 7. The maximum atomic E-state index is 12.3. The Bertz CT molecular complexity index is 414. The fourth-order valence-corrected chi connectivity index (χ4v) is 1.51. The average Bonchev–Trinajstić information content (AvgIpc) is 2.34. The summed E-state index contributed by atoms with van der Waals surface area (Å²) < 4.78 is 46.2. The second kappa shape index (κ2) is 7.07. The van der Waals surface area contributed by atoms with E-state index < -0.39 is 6.36 Å². The van der Waals surface area contributed by atoms with Gasteiger partial charge in [-0.1, -0.05) is 38.5 Å². The number of hydrogen-bond acceptors (Lipinski definition) is 2. The van der Waals surface area contributed by atoms with Gasteiger partial charge in [0, 0.05) is 0 Å². The van der Waals surface area contributed by atoms with Crippen LogP contribution in [0.1, 0.15) is 31.7 Å². The molecule has 0 atom stereocenters. The normalized spacial score (nSPS) is 11.2. The second-order valence-corrected chi connectivity index (χ2v) is 4.01. The fraction of sp³-hybridized carbons (Fsp3) is 0.429. The van der Waals surface area contributed by atoms with E-state index in [1.54, 1.807) is 6.07 Å². The Hall–Kier alpha value is -1.65. The van der Waals surface area contributed by atoms with E-state index in [4.69, 9.17) is 4.74 Å². The molecular weight excluding hydrogens is 257 g/mol. The number of ether oxygens (including phenoxy) is 2. The van der Waals surface area contributed by atoms with Crippen LogP contribution in [0.15, 0.2) is 24.8 Å². The number of unbranched alkanes of at least 4 members (excludes halogenated alkanes) is 2. The highest BCUT2D eigenvalue weighted by molar-refractivity contribution is 5.54. The van der Waals surface area contributed by atoms with Gasteiger partial charge in [-0.3, -0.25) is 0 Å². The van der Waals surface area contributed by atoms with Gasteiger partial charge < -0.3 is 9.47 Å². The summed E-state index contributed by atoms with van der Waals surface area (Å²) in [5.41, 5.74) is 0.542. The maximum Gasteiger partial charge on any atom is 0.573 e. The lowest BCUT2D eigenvalue weighted by Crippen LogP contribution is -2.18. The lowest BCUT2D eigenvalue weighted by Gasteiger charge is -2.14. The van der Waals surface area contributed by atoms with Crippen LogP contribution in [0.3, 0.4) is 0 Å². The van der Waals surface area contributed by atoms with Crippen LogP contribution in [0.25, 0.3) is 6.08 Å². The highest BCUT2D eigenvalue weighted by Gasteiger charge is 2.32. The van der Waals surface area contributed by atoms with Gasteiger partial charge >= 0.3 is 6.36 Å². The van der Waals surface area contributed by atoms with E-state index in [1.165, 1.54) is 18.2 Å². The number of halogens is 3.